The van der Waals surface area contributed by atoms with Crippen LogP contribution in [0.5, 0.6) is 0 Å². The quantitative estimate of drug-likeness (QED) is 0.805. The summed E-state index contributed by atoms with van der Waals surface area (Å²) in [4.78, 5) is 4.26. The first-order chi connectivity index (χ1) is 6.42. The molecule has 0 bridgehead atoms. The monoisotopic (exact) mass is 197 g/mol. The summed E-state index contributed by atoms with van der Waals surface area (Å²) in [6.07, 6.45) is 1.63. The number of rotatable bonds is 3. The van der Waals surface area contributed by atoms with Crippen molar-refractivity contribution in [1.82, 2.24) is 10.1 Å². The summed E-state index contributed by atoms with van der Waals surface area (Å²) in [5.74, 6) is 1.29. The zero-order chi connectivity index (χ0) is 10.8. The van der Waals surface area contributed by atoms with Crippen LogP contribution in [0.15, 0.2) is 4.52 Å². The van der Waals surface area contributed by atoms with Crippen LogP contribution in [0.1, 0.15) is 51.9 Å². The van der Waals surface area contributed by atoms with E-state index in [4.69, 9.17) is 10.3 Å². The van der Waals surface area contributed by atoms with Crippen LogP contribution in [0.3, 0.4) is 0 Å². The van der Waals surface area contributed by atoms with Gasteiger partial charge in [0, 0.05) is 6.42 Å². The molecule has 1 aromatic heterocycles. The van der Waals surface area contributed by atoms with Crippen molar-refractivity contribution in [2.45, 2.75) is 46.6 Å². The summed E-state index contributed by atoms with van der Waals surface area (Å²) in [6, 6.07) is -0.129. The highest BCUT2D eigenvalue weighted by molar-refractivity contribution is 4.93. The summed E-state index contributed by atoms with van der Waals surface area (Å²) >= 11 is 0. The van der Waals surface area contributed by atoms with E-state index in [1.807, 2.05) is 6.92 Å². The Morgan fingerprint density at radius 3 is 2.57 bits per heavy atom. The predicted octanol–water partition coefficient (Wildman–Crippen LogP) is 2.07. The van der Waals surface area contributed by atoms with Gasteiger partial charge >= 0.3 is 0 Å². The normalized spacial score (nSPS) is 14.4. The highest BCUT2D eigenvalue weighted by Gasteiger charge is 2.18. The molecule has 0 aliphatic rings. The Morgan fingerprint density at radius 2 is 2.07 bits per heavy atom. The summed E-state index contributed by atoms with van der Waals surface area (Å²) in [5, 5.41) is 3.90. The van der Waals surface area contributed by atoms with Crippen molar-refractivity contribution in [3.8, 4) is 0 Å². The molecule has 2 N–H and O–H groups in total. The molecule has 1 atom stereocenters. The molecule has 1 heterocycles. The van der Waals surface area contributed by atoms with Gasteiger partial charge in [0.2, 0.25) is 5.89 Å². The first kappa shape index (κ1) is 11.2. The molecule has 0 radical (unpaired) electrons. The molecule has 1 rings (SSSR count). The van der Waals surface area contributed by atoms with E-state index < -0.39 is 0 Å². The fraction of sp³-hybridized carbons (Fsp3) is 0.800. The molecule has 14 heavy (non-hydrogen) atoms. The van der Waals surface area contributed by atoms with E-state index in [0.29, 0.717) is 5.89 Å². The van der Waals surface area contributed by atoms with Gasteiger partial charge in [0.05, 0.1) is 6.04 Å². The van der Waals surface area contributed by atoms with Gasteiger partial charge in [-0.05, 0) is 11.8 Å². The maximum absolute atomic E-state index is 5.78. The van der Waals surface area contributed by atoms with Crippen molar-refractivity contribution in [1.29, 1.82) is 0 Å². The molecule has 80 valence electrons. The van der Waals surface area contributed by atoms with E-state index in [-0.39, 0.29) is 11.5 Å². The van der Waals surface area contributed by atoms with Crippen LogP contribution in [-0.4, -0.2) is 10.1 Å². The number of hydrogen-bond acceptors (Lipinski definition) is 4. The maximum atomic E-state index is 5.78. The Hall–Kier alpha value is -0.900. The highest BCUT2D eigenvalue weighted by atomic mass is 16.5. The van der Waals surface area contributed by atoms with Crippen LogP contribution in [0, 0.1) is 5.41 Å². The molecule has 0 saturated heterocycles. The van der Waals surface area contributed by atoms with Gasteiger partial charge in [0.15, 0.2) is 5.82 Å². The lowest BCUT2D eigenvalue weighted by Gasteiger charge is -2.14. The molecule has 0 aliphatic heterocycles. The Kier molecular flexibility index (Phi) is 3.26. The summed E-state index contributed by atoms with van der Waals surface area (Å²) in [5.41, 5.74) is 5.95. The van der Waals surface area contributed by atoms with Gasteiger partial charge < -0.3 is 10.3 Å². The Morgan fingerprint density at radius 1 is 1.43 bits per heavy atom. The molecule has 0 saturated carbocycles. The molecular formula is C10H19N3O. The van der Waals surface area contributed by atoms with Crippen LogP contribution in [-0.2, 0) is 6.42 Å². The average molecular weight is 197 g/mol. The third-order valence-electron chi connectivity index (χ3n) is 1.93. The number of nitrogens with two attached hydrogens (primary N) is 1. The smallest absolute Gasteiger partial charge is 0.243 e. The average Bonchev–Trinajstić information content (AvgIpc) is 2.48. The molecule has 1 aromatic rings. The lowest BCUT2D eigenvalue weighted by molar-refractivity contribution is 0.338. The summed E-state index contributed by atoms with van der Waals surface area (Å²) in [7, 11) is 0. The van der Waals surface area contributed by atoms with E-state index >= 15 is 0 Å². The largest absolute Gasteiger partial charge is 0.338 e. The molecular weight excluding hydrogens is 178 g/mol. The first-order valence-electron chi connectivity index (χ1n) is 5.00. The minimum absolute atomic E-state index is 0.129. The second-order valence-electron chi connectivity index (χ2n) is 4.80. The third kappa shape index (κ3) is 3.10. The molecule has 4 heteroatoms. The van der Waals surface area contributed by atoms with Gasteiger partial charge in [-0.15, -0.1) is 0 Å². The number of hydrogen-bond donors (Lipinski definition) is 1. The van der Waals surface area contributed by atoms with E-state index in [1.165, 1.54) is 0 Å². The van der Waals surface area contributed by atoms with Gasteiger partial charge in [-0.25, -0.2) is 0 Å². The number of nitrogens with zero attached hydrogens (tertiary/aromatic N) is 2. The van der Waals surface area contributed by atoms with Crippen molar-refractivity contribution in [2.75, 3.05) is 0 Å². The molecule has 0 spiro atoms. The van der Waals surface area contributed by atoms with Crippen molar-refractivity contribution in [2.24, 2.45) is 11.1 Å². The second kappa shape index (κ2) is 4.09. The van der Waals surface area contributed by atoms with Crippen LogP contribution in [0.25, 0.3) is 0 Å². The van der Waals surface area contributed by atoms with E-state index in [1.54, 1.807) is 0 Å². The Bertz CT molecular complexity index is 288. The SMILES string of the molecule is CC[C@@H](N)c1nc(CC(C)(C)C)no1. The maximum Gasteiger partial charge on any atom is 0.243 e. The van der Waals surface area contributed by atoms with Crippen molar-refractivity contribution >= 4 is 0 Å². The van der Waals surface area contributed by atoms with Gasteiger partial charge in [-0.2, -0.15) is 4.98 Å². The molecule has 0 unspecified atom stereocenters. The highest BCUT2D eigenvalue weighted by Crippen LogP contribution is 2.19. The van der Waals surface area contributed by atoms with Gasteiger partial charge in [-0.1, -0.05) is 32.9 Å². The van der Waals surface area contributed by atoms with Crippen LogP contribution >= 0.6 is 0 Å². The number of aromatic nitrogens is 2. The Balaban J connectivity index is 2.69. The fourth-order valence-electron chi connectivity index (χ4n) is 1.14. The lowest BCUT2D eigenvalue weighted by atomic mass is 9.92. The van der Waals surface area contributed by atoms with Crippen LogP contribution < -0.4 is 5.73 Å². The second-order valence-corrected chi connectivity index (χ2v) is 4.80. The van der Waals surface area contributed by atoms with Crippen molar-refractivity contribution in [3.05, 3.63) is 11.7 Å². The van der Waals surface area contributed by atoms with Gasteiger partial charge in [0.25, 0.3) is 0 Å². The molecule has 0 amide bonds. The lowest BCUT2D eigenvalue weighted by Crippen LogP contribution is -2.12. The van der Waals surface area contributed by atoms with Crippen molar-refractivity contribution in [3.63, 3.8) is 0 Å². The van der Waals surface area contributed by atoms with Crippen LogP contribution in [0.2, 0.25) is 0 Å². The van der Waals surface area contributed by atoms with Crippen LogP contribution in [0.4, 0.5) is 0 Å². The molecule has 0 aromatic carbocycles. The molecule has 4 nitrogen and oxygen atoms in total. The van der Waals surface area contributed by atoms with Gasteiger partial charge in [0.1, 0.15) is 0 Å². The first-order valence-corrected chi connectivity index (χ1v) is 5.00. The summed E-state index contributed by atoms with van der Waals surface area (Å²) < 4.78 is 5.08. The fourth-order valence-corrected chi connectivity index (χ4v) is 1.14. The van der Waals surface area contributed by atoms with E-state index in [2.05, 4.69) is 30.9 Å². The Labute approximate surface area is 84.9 Å². The zero-order valence-corrected chi connectivity index (χ0v) is 9.37. The molecule has 0 fully saturated rings. The van der Waals surface area contributed by atoms with E-state index in [9.17, 15) is 0 Å². The minimum atomic E-state index is -0.129. The standard InChI is InChI=1S/C10H19N3O/c1-5-7(11)9-12-8(13-14-9)6-10(2,3)4/h7H,5-6,11H2,1-4H3/t7-/m1/s1. The predicted molar refractivity (Wildman–Crippen MR) is 54.7 cm³/mol. The summed E-state index contributed by atoms with van der Waals surface area (Å²) in [6.45, 7) is 8.42. The minimum Gasteiger partial charge on any atom is -0.338 e. The third-order valence-corrected chi connectivity index (χ3v) is 1.93. The van der Waals surface area contributed by atoms with Gasteiger partial charge in [-0.3, -0.25) is 0 Å². The van der Waals surface area contributed by atoms with Crippen molar-refractivity contribution < 1.29 is 4.52 Å². The van der Waals surface area contributed by atoms with E-state index in [0.717, 1.165) is 18.7 Å². The zero-order valence-electron chi connectivity index (χ0n) is 9.37. The topological polar surface area (TPSA) is 64.9 Å². The molecule has 0 aliphatic carbocycles.